The van der Waals surface area contributed by atoms with Gasteiger partial charge in [-0.25, -0.2) is 19.3 Å². The van der Waals surface area contributed by atoms with Crippen molar-refractivity contribution >= 4 is 27.5 Å². The Bertz CT molecular complexity index is 1240. The van der Waals surface area contributed by atoms with E-state index >= 15 is 0 Å². The number of methoxy groups -OCH3 is 1. The van der Waals surface area contributed by atoms with Crippen LogP contribution in [0, 0.1) is 12.7 Å². The first-order valence-electron chi connectivity index (χ1n) is 8.93. The van der Waals surface area contributed by atoms with E-state index in [1.165, 1.54) is 30.6 Å². The molecule has 3 aromatic heterocycles. The van der Waals surface area contributed by atoms with Crippen molar-refractivity contribution in [2.75, 3.05) is 7.11 Å². The van der Waals surface area contributed by atoms with E-state index in [1.54, 1.807) is 37.5 Å². The minimum Gasteiger partial charge on any atom is -0.497 e. The van der Waals surface area contributed by atoms with E-state index in [0.717, 1.165) is 9.58 Å². The highest BCUT2D eigenvalue weighted by atomic mass is 32.1. The largest absolute Gasteiger partial charge is 0.497 e. The highest BCUT2D eigenvalue weighted by Gasteiger charge is 2.17. The van der Waals surface area contributed by atoms with Crippen molar-refractivity contribution in [3.8, 4) is 22.6 Å². The molecule has 0 fully saturated rings. The number of primary amides is 1. The number of ether oxygens (including phenoxy) is 2. The third-order valence-corrected chi connectivity index (χ3v) is 5.52. The highest BCUT2D eigenvalue weighted by Crippen LogP contribution is 2.37. The van der Waals surface area contributed by atoms with Crippen molar-refractivity contribution in [1.82, 2.24) is 15.0 Å². The van der Waals surface area contributed by atoms with Crippen LogP contribution < -0.4 is 15.2 Å². The fourth-order valence-electron chi connectivity index (χ4n) is 2.92. The number of fused-ring (bicyclic) bond motifs is 1. The molecule has 0 radical (unpaired) electrons. The average Bonchev–Trinajstić information content (AvgIpc) is 3.15. The van der Waals surface area contributed by atoms with E-state index < -0.39 is 11.7 Å². The Labute approximate surface area is 175 Å². The van der Waals surface area contributed by atoms with Gasteiger partial charge in [-0.05, 0) is 31.2 Å². The number of pyridine rings is 1. The van der Waals surface area contributed by atoms with Crippen molar-refractivity contribution in [2.45, 2.75) is 13.5 Å². The van der Waals surface area contributed by atoms with Gasteiger partial charge in [-0.1, -0.05) is 0 Å². The molecule has 4 rings (SSSR count). The number of nitrogens with zero attached hydrogens (tertiary/aromatic N) is 3. The van der Waals surface area contributed by atoms with Gasteiger partial charge in [0, 0.05) is 22.1 Å². The molecule has 4 aromatic rings. The van der Waals surface area contributed by atoms with Crippen LogP contribution in [0.5, 0.6) is 11.5 Å². The molecule has 0 aliphatic rings. The summed E-state index contributed by atoms with van der Waals surface area (Å²) in [4.78, 5) is 25.1. The molecule has 0 bridgehead atoms. The molecule has 7 nitrogen and oxygen atoms in total. The molecule has 0 unspecified atom stereocenters. The molecule has 1 aromatic carbocycles. The van der Waals surface area contributed by atoms with Crippen LogP contribution in [0.25, 0.3) is 21.3 Å². The standard InChI is InChI=1S/C21H17FN4O3S/c1-11-24-8-13(9-25-11)29-10-14-6-18-20(30-14)16(7-19(26-18)21(23)27)15-4-3-12(28-2)5-17(15)22/h3-9H,10H2,1-2H3,(H2,23,27). The lowest BCUT2D eigenvalue weighted by atomic mass is 10.0. The third kappa shape index (κ3) is 3.92. The van der Waals surface area contributed by atoms with Crippen molar-refractivity contribution in [3.05, 3.63) is 64.9 Å². The number of halogens is 1. The highest BCUT2D eigenvalue weighted by molar-refractivity contribution is 7.19. The molecule has 0 aliphatic carbocycles. The molecule has 9 heteroatoms. The molecule has 0 spiro atoms. The van der Waals surface area contributed by atoms with Gasteiger partial charge in [-0.3, -0.25) is 4.79 Å². The number of aryl methyl sites for hydroxylation is 1. The van der Waals surface area contributed by atoms with E-state index in [0.29, 0.717) is 34.0 Å². The van der Waals surface area contributed by atoms with Crippen molar-refractivity contribution in [2.24, 2.45) is 5.73 Å². The van der Waals surface area contributed by atoms with Crippen LogP contribution in [0.3, 0.4) is 0 Å². The number of rotatable bonds is 6. The molecule has 30 heavy (non-hydrogen) atoms. The summed E-state index contributed by atoms with van der Waals surface area (Å²) in [5, 5.41) is 0. The Morgan fingerprint density at radius 3 is 2.57 bits per heavy atom. The topological polar surface area (TPSA) is 100 Å². The Balaban J connectivity index is 1.75. The normalized spacial score (nSPS) is 10.9. The van der Waals surface area contributed by atoms with Crippen LogP contribution in [0.1, 0.15) is 21.2 Å². The number of hydrogen-bond donors (Lipinski definition) is 1. The van der Waals surface area contributed by atoms with Crippen LogP contribution in [0.4, 0.5) is 4.39 Å². The fraction of sp³-hybridized carbons (Fsp3) is 0.143. The maximum Gasteiger partial charge on any atom is 0.267 e. The van der Waals surface area contributed by atoms with Crippen LogP contribution >= 0.6 is 11.3 Å². The number of amides is 1. The number of carbonyl (C=O) groups excluding carboxylic acids is 1. The predicted octanol–water partition coefficient (Wildman–Crippen LogP) is 3.89. The average molecular weight is 424 g/mol. The quantitative estimate of drug-likeness (QED) is 0.504. The minimum atomic E-state index is -0.687. The number of aromatic nitrogens is 3. The first kappa shape index (κ1) is 19.7. The molecule has 0 atom stereocenters. The third-order valence-electron chi connectivity index (χ3n) is 4.39. The van der Waals surface area contributed by atoms with Gasteiger partial charge in [0.2, 0.25) is 0 Å². The van der Waals surface area contributed by atoms with Crippen LogP contribution in [0.2, 0.25) is 0 Å². The SMILES string of the molecule is COc1ccc(-c2cc(C(N)=O)nc3cc(COc4cnc(C)nc4)sc23)c(F)c1. The zero-order valence-corrected chi connectivity index (χ0v) is 17.0. The summed E-state index contributed by atoms with van der Waals surface area (Å²) < 4.78 is 26.3. The van der Waals surface area contributed by atoms with Crippen molar-refractivity contribution in [3.63, 3.8) is 0 Å². The molecule has 0 aliphatic heterocycles. The van der Waals surface area contributed by atoms with Crippen molar-refractivity contribution < 1.29 is 18.7 Å². The molecular weight excluding hydrogens is 407 g/mol. The van der Waals surface area contributed by atoms with E-state index in [4.69, 9.17) is 15.2 Å². The molecule has 3 heterocycles. The first-order valence-corrected chi connectivity index (χ1v) is 9.75. The lowest BCUT2D eigenvalue weighted by molar-refractivity contribution is 0.0996. The van der Waals surface area contributed by atoms with E-state index in [-0.39, 0.29) is 12.3 Å². The molecule has 2 N–H and O–H groups in total. The zero-order chi connectivity index (χ0) is 21.3. The number of carbonyl (C=O) groups is 1. The van der Waals surface area contributed by atoms with Crippen LogP contribution in [-0.4, -0.2) is 28.0 Å². The second kappa shape index (κ2) is 8.03. The van der Waals surface area contributed by atoms with E-state index in [9.17, 15) is 9.18 Å². The monoisotopic (exact) mass is 424 g/mol. The van der Waals surface area contributed by atoms with E-state index in [2.05, 4.69) is 15.0 Å². The van der Waals surface area contributed by atoms with Gasteiger partial charge < -0.3 is 15.2 Å². The summed E-state index contributed by atoms with van der Waals surface area (Å²) in [5.74, 6) is 0.425. The number of thiophene rings is 1. The number of hydrogen-bond acceptors (Lipinski definition) is 7. The summed E-state index contributed by atoms with van der Waals surface area (Å²) in [6, 6.07) is 7.86. The minimum absolute atomic E-state index is 0.0601. The smallest absolute Gasteiger partial charge is 0.267 e. The molecule has 0 saturated heterocycles. The number of nitrogens with two attached hydrogens (primary N) is 1. The maximum absolute atomic E-state index is 14.7. The van der Waals surface area contributed by atoms with Gasteiger partial charge in [0.1, 0.15) is 29.7 Å². The van der Waals surface area contributed by atoms with Crippen LogP contribution in [0.15, 0.2) is 42.7 Å². The Hall–Kier alpha value is -3.59. The summed E-state index contributed by atoms with van der Waals surface area (Å²) in [6.07, 6.45) is 3.19. The Kier molecular flexibility index (Phi) is 5.28. The second-order valence-electron chi connectivity index (χ2n) is 6.45. The van der Waals surface area contributed by atoms with E-state index in [1.807, 2.05) is 0 Å². The molecular formula is C21H17FN4O3S. The predicted molar refractivity (Wildman–Crippen MR) is 111 cm³/mol. The summed E-state index contributed by atoms with van der Waals surface area (Å²) in [5.41, 5.74) is 6.90. The Morgan fingerprint density at radius 1 is 1.13 bits per heavy atom. The lowest BCUT2D eigenvalue weighted by Crippen LogP contribution is -2.13. The van der Waals surface area contributed by atoms with Gasteiger partial charge in [0.05, 0.1) is 29.7 Å². The zero-order valence-electron chi connectivity index (χ0n) is 16.2. The molecule has 152 valence electrons. The summed E-state index contributed by atoms with van der Waals surface area (Å²) in [7, 11) is 1.47. The van der Waals surface area contributed by atoms with Gasteiger partial charge in [0.25, 0.3) is 5.91 Å². The summed E-state index contributed by atoms with van der Waals surface area (Å²) in [6.45, 7) is 2.04. The molecule has 1 amide bonds. The van der Waals surface area contributed by atoms with Gasteiger partial charge >= 0.3 is 0 Å². The van der Waals surface area contributed by atoms with Gasteiger partial charge in [0.15, 0.2) is 5.75 Å². The lowest BCUT2D eigenvalue weighted by Gasteiger charge is -2.08. The van der Waals surface area contributed by atoms with Gasteiger partial charge in [-0.2, -0.15) is 0 Å². The second-order valence-corrected chi connectivity index (χ2v) is 7.58. The van der Waals surface area contributed by atoms with Crippen molar-refractivity contribution in [1.29, 1.82) is 0 Å². The fourth-order valence-corrected chi connectivity index (χ4v) is 3.96. The Morgan fingerprint density at radius 2 is 1.90 bits per heavy atom. The first-order chi connectivity index (χ1) is 14.4. The molecule has 0 saturated carbocycles. The number of benzene rings is 1. The maximum atomic E-state index is 14.7. The van der Waals surface area contributed by atoms with Crippen LogP contribution in [-0.2, 0) is 6.61 Å². The summed E-state index contributed by atoms with van der Waals surface area (Å²) >= 11 is 1.40. The van der Waals surface area contributed by atoms with Gasteiger partial charge in [-0.15, -0.1) is 11.3 Å².